The molecule has 1 aromatic rings. The molecule has 0 radical (unpaired) electrons. The van der Waals surface area contributed by atoms with Crippen molar-refractivity contribution in [3.05, 3.63) is 23.8 Å². The van der Waals surface area contributed by atoms with Gasteiger partial charge in [-0.1, -0.05) is 12.5 Å². The third-order valence-corrected chi connectivity index (χ3v) is 4.67. The van der Waals surface area contributed by atoms with E-state index >= 15 is 0 Å². The molecule has 0 spiro atoms. The Hall–Kier alpha value is -0.930. The van der Waals surface area contributed by atoms with E-state index in [2.05, 4.69) is 17.0 Å². The van der Waals surface area contributed by atoms with Crippen LogP contribution in [0.4, 0.5) is 0 Å². The van der Waals surface area contributed by atoms with Crippen molar-refractivity contribution >= 4 is 11.6 Å². The Morgan fingerprint density at radius 3 is 2.71 bits per heavy atom. The second-order valence-electron chi connectivity index (χ2n) is 5.76. The van der Waals surface area contributed by atoms with Gasteiger partial charge in [0.25, 0.3) is 0 Å². The molecule has 1 saturated heterocycles. The highest BCUT2D eigenvalue weighted by atomic mass is 35.5. The highest BCUT2D eigenvalue weighted by Crippen LogP contribution is 2.28. The molecule has 0 saturated carbocycles. The number of benzene rings is 1. The van der Waals surface area contributed by atoms with Gasteiger partial charge in [0.15, 0.2) is 11.5 Å². The molecule has 1 aliphatic rings. The van der Waals surface area contributed by atoms with Crippen LogP contribution in [-0.2, 0) is 6.42 Å². The number of likely N-dealkylation sites (tertiary alicyclic amines) is 1. The second-order valence-corrected chi connectivity index (χ2v) is 6.06. The number of hydrogen-bond donors (Lipinski definition) is 0. The molecule has 1 fully saturated rings. The smallest absolute Gasteiger partial charge is 0.160 e. The summed E-state index contributed by atoms with van der Waals surface area (Å²) in [5.41, 5.74) is 1.29. The van der Waals surface area contributed by atoms with Crippen molar-refractivity contribution in [1.29, 1.82) is 0 Å². The minimum atomic E-state index is 0.652. The van der Waals surface area contributed by atoms with Crippen molar-refractivity contribution in [3.63, 3.8) is 0 Å². The predicted octanol–water partition coefficient (Wildman–Crippen LogP) is 3.59. The zero-order valence-corrected chi connectivity index (χ0v) is 13.9. The van der Waals surface area contributed by atoms with Crippen LogP contribution in [-0.4, -0.2) is 44.6 Å². The van der Waals surface area contributed by atoms with Crippen molar-refractivity contribution in [2.75, 3.05) is 39.7 Å². The van der Waals surface area contributed by atoms with Crippen LogP contribution in [0.25, 0.3) is 0 Å². The Balaban J connectivity index is 1.92. The van der Waals surface area contributed by atoms with Crippen molar-refractivity contribution in [3.8, 4) is 11.5 Å². The number of nitrogens with zero attached hydrogens (tertiary/aromatic N) is 1. The molecule has 0 aliphatic carbocycles. The van der Waals surface area contributed by atoms with Crippen molar-refractivity contribution in [1.82, 2.24) is 4.90 Å². The average molecular weight is 312 g/mol. The van der Waals surface area contributed by atoms with Crippen LogP contribution in [0.15, 0.2) is 18.2 Å². The molecular weight excluding hydrogens is 286 g/mol. The van der Waals surface area contributed by atoms with Gasteiger partial charge in [0.2, 0.25) is 0 Å². The zero-order chi connectivity index (χ0) is 15.1. The van der Waals surface area contributed by atoms with Crippen LogP contribution < -0.4 is 9.47 Å². The largest absolute Gasteiger partial charge is 0.493 e. The molecule has 2 rings (SSSR count). The first-order chi connectivity index (χ1) is 10.3. The molecule has 1 aliphatic heterocycles. The first-order valence-electron chi connectivity index (χ1n) is 7.76. The predicted molar refractivity (Wildman–Crippen MR) is 87.8 cm³/mol. The molecule has 21 heavy (non-hydrogen) atoms. The highest BCUT2D eigenvalue weighted by Gasteiger charge is 2.17. The molecule has 1 atom stereocenters. The van der Waals surface area contributed by atoms with E-state index in [1.54, 1.807) is 14.2 Å². The molecule has 1 heterocycles. The first kappa shape index (κ1) is 16.4. The molecule has 4 heteroatoms. The Morgan fingerprint density at radius 1 is 1.19 bits per heavy atom. The summed E-state index contributed by atoms with van der Waals surface area (Å²) in [4.78, 5) is 2.55. The number of rotatable bonds is 6. The zero-order valence-electron chi connectivity index (χ0n) is 13.1. The van der Waals surface area contributed by atoms with Crippen molar-refractivity contribution in [2.24, 2.45) is 5.92 Å². The van der Waals surface area contributed by atoms with Gasteiger partial charge in [0.1, 0.15) is 0 Å². The second kappa shape index (κ2) is 8.50. The number of halogens is 1. The molecule has 0 N–H and O–H groups in total. The van der Waals surface area contributed by atoms with E-state index in [-0.39, 0.29) is 0 Å². The first-order valence-corrected chi connectivity index (χ1v) is 8.29. The Morgan fingerprint density at radius 2 is 2.00 bits per heavy atom. The molecule has 3 nitrogen and oxygen atoms in total. The highest BCUT2D eigenvalue weighted by molar-refractivity contribution is 6.18. The molecule has 0 aromatic heterocycles. The summed E-state index contributed by atoms with van der Waals surface area (Å²) in [6.07, 6.45) is 4.91. The topological polar surface area (TPSA) is 21.7 Å². The van der Waals surface area contributed by atoms with Crippen LogP contribution in [0.2, 0.25) is 0 Å². The number of alkyl halides is 1. The lowest BCUT2D eigenvalue weighted by molar-refractivity contribution is 0.260. The average Bonchev–Trinajstić information content (AvgIpc) is 2.77. The van der Waals surface area contributed by atoms with E-state index in [0.717, 1.165) is 36.9 Å². The Kier molecular flexibility index (Phi) is 6.65. The van der Waals surface area contributed by atoms with Crippen molar-refractivity contribution < 1.29 is 9.47 Å². The van der Waals surface area contributed by atoms with Crippen LogP contribution >= 0.6 is 11.6 Å². The van der Waals surface area contributed by atoms with Gasteiger partial charge >= 0.3 is 0 Å². The molecule has 1 unspecified atom stereocenters. The summed E-state index contributed by atoms with van der Waals surface area (Å²) < 4.78 is 10.6. The van der Waals surface area contributed by atoms with E-state index < -0.39 is 0 Å². The monoisotopic (exact) mass is 311 g/mol. The van der Waals surface area contributed by atoms with Gasteiger partial charge in [-0.05, 0) is 49.4 Å². The summed E-state index contributed by atoms with van der Waals surface area (Å²) in [6, 6.07) is 6.19. The van der Waals surface area contributed by atoms with Crippen LogP contribution in [0.5, 0.6) is 11.5 Å². The van der Waals surface area contributed by atoms with E-state index in [9.17, 15) is 0 Å². The van der Waals surface area contributed by atoms with Gasteiger partial charge < -0.3 is 14.4 Å². The molecule has 118 valence electrons. The fourth-order valence-electron chi connectivity index (χ4n) is 2.97. The number of methoxy groups -OCH3 is 2. The van der Waals surface area contributed by atoms with Gasteiger partial charge in [-0.3, -0.25) is 0 Å². The summed E-state index contributed by atoms with van der Waals surface area (Å²) in [5, 5.41) is 0. The molecule has 1 aromatic carbocycles. The van der Waals surface area contributed by atoms with Crippen LogP contribution in [0, 0.1) is 5.92 Å². The van der Waals surface area contributed by atoms with Gasteiger partial charge in [-0.15, -0.1) is 11.6 Å². The van der Waals surface area contributed by atoms with Gasteiger partial charge in [-0.25, -0.2) is 0 Å². The third-order valence-electron chi connectivity index (χ3n) is 4.24. The van der Waals surface area contributed by atoms with Gasteiger partial charge in [0, 0.05) is 19.0 Å². The molecule has 0 amide bonds. The summed E-state index contributed by atoms with van der Waals surface area (Å²) >= 11 is 6.05. The Bertz CT molecular complexity index is 439. The van der Waals surface area contributed by atoms with E-state index in [1.807, 2.05) is 6.07 Å². The van der Waals surface area contributed by atoms with Crippen LogP contribution in [0.1, 0.15) is 24.8 Å². The standard InChI is InChI=1S/C17H26ClNO2/c1-20-16-7-6-14(11-17(16)21-2)8-10-19-9-4-3-5-15(12-18)13-19/h6-7,11,15H,3-5,8-10,12-13H2,1-2H3. The summed E-state index contributed by atoms with van der Waals surface area (Å²) in [6.45, 7) is 3.42. The molecule has 0 bridgehead atoms. The maximum Gasteiger partial charge on any atom is 0.160 e. The SMILES string of the molecule is COc1ccc(CCN2CCCCC(CCl)C2)cc1OC. The minimum Gasteiger partial charge on any atom is -0.493 e. The summed E-state index contributed by atoms with van der Waals surface area (Å²) in [7, 11) is 3.35. The van der Waals surface area contributed by atoms with Gasteiger partial charge in [0.05, 0.1) is 14.2 Å². The lowest BCUT2D eigenvalue weighted by Gasteiger charge is -2.23. The third kappa shape index (κ3) is 4.79. The lowest BCUT2D eigenvalue weighted by atomic mass is 10.1. The fraction of sp³-hybridized carbons (Fsp3) is 0.647. The van der Waals surface area contributed by atoms with Crippen molar-refractivity contribution in [2.45, 2.75) is 25.7 Å². The summed E-state index contributed by atoms with van der Waals surface area (Å²) in [5.74, 6) is 3.04. The maximum absolute atomic E-state index is 6.05. The van der Waals surface area contributed by atoms with Crippen LogP contribution in [0.3, 0.4) is 0 Å². The maximum atomic E-state index is 6.05. The minimum absolute atomic E-state index is 0.652. The van der Waals surface area contributed by atoms with E-state index in [1.165, 1.54) is 31.4 Å². The normalized spacial score (nSPS) is 20.0. The van der Waals surface area contributed by atoms with E-state index in [0.29, 0.717) is 5.92 Å². The fourth-order valence-corrected chi connectivity index (χ4v) is 3.22. The van der Waals surface area contributed by atoms with Gasteiger partial charge in [-0.2, -0.15) is 0 Å². The quantitative estimate of drug-likeness (QED) is 0.749. The number of hydrogen-bond acceptors (Lipinski definition) is 3. The van der Waals surface area contributed by atoms with E-state index in [4.69, 9.17) is 21.1 Å². The lowest BCUT2D eigenvalue weighted by Crippen LogP contribution is -2.31. The number of ether oxygens (including phenoxy) is 2. The Labute approximate surface area is 133 Å². The molecular formula is C17H26ClNO2.